The molecule has 8 aliphatic rings. The summed E-state index contributed by atoms with van der Waals surface area (Å²) < 4.78 is 49.6. The van der Waals surface area contributed by atoms with Crippen LogP contribution in [-0.4, -0.2) is 212 Å². The second-order valence-electron chi connectivity index (χ2n) is 24.9. The van der Waals surface area contributed by atoms with Crippen molar-refractivity contribution in [2.45, 2.75) is 237 Å². The Kier molecular flexibility index (Phi) is 18.9. The fourth-order valence-corrected chi connectivity index (χ4v) is 15.2. The molecule has 0 aromatic heterocycles. The summed E-state index contributed by atoms with van der Waals surface area (Å²) in [4.78, 5) is 28.3. The Labute approximate surface area is 451 Å². The van der Waals surface area contributed by atoms with Gasteiger partial charge in [0.25, 0.3) is 0 Å². The molecule has 1 amide bonds. The van der Waals surface area contributed by atoms with E-state index in [4.69, 9.17) is 37.9 Å². The van der Waals surface area contributed by atoms with Crippen molar-refractivity contribution in [3.05, 3.63) is 22.8 Å². The van der Waals surface area contributed by atoms with Crippen molar-refractivity contribution < 1.29 is 104 Å². The third-order valence-electron chi connectivity index (χ3n) is 19.1. The van der Waals surface area contributed by atoms with Gasteiger partial charge in [-0.05, 0) is 111 Å². The smallest absolute Gasteiger partial charge is 0.329 e. The van der Waals surface area contributed by atoms with Crippen LogP contribution in [0.3, 0.4) is 0 Å². The van der Waals surface area contributed by atoms with Crippen LogP contribution in [0.5, 0.6) is 0 Å². The van der Waals surface area contributed by atoms with Gasteiger partial charge in [-0.2, -0.15) is 0 Å². The van der Waals surface area contributed by atoms with Gasteiger partial charge in [0.15, 0.2) is 24.7 Å². The summed E-state index contributed by atoms with van der Waals surface area (Å²) in [6.45, 7) is 15.9. The number of ether oxygens (including phenoxy) is 8. The van der Waals surface area contributed by atoms with Crippen molar-refractivity contribution in [2.75, 3.05) is 26.4 Å². The standard InChI is InChI=1S/C55H88N2O20/c1-24(2)18-28(61)19-25(3)30-11-12-31-29-10-13-37-53(6,7)38(15-17-55(37,9)32(29)14-16-54(30,31)8)76-52-48(44(66)36(23-72-52)75-49-39(56-26(4)59)45(67)42(64)34(20-58)73-49)77-50-40(57-27(5)60)46(68)43(65)35(74-50)22-71-51-47(69)41(63)33(62)21-70-51/h18,25,30-31,33-52,58,62-69H,10-17,19-23H2,1-9H3,(H,56,59)(H,57,60)/p+1/t25-,30-,31+,33-,34-,35-,36-,37+,38+,39-,40-,41+,42+,43-,44+,45-,46-,47-,48-,49+,50+,51+,52+,54-,55-/m1/s1. The lowest BCUT2D eigenvalue weighted by atomic mass is 9.45. The highest BCUT2D eigenvalue weighted by Crippen LogP contribution is 2.68. The molecule has 77 heavy (non-hydrogen) atoms. The molecule has 0 aromatic carbocycles. The first-order chi connectivity index (χ1) is 36.2. The third-order valence-corrected chi connectivity index (χ3v) is 19.1. The Morgan fingerprint density at radius 1 is 0.753 bits per heavy atom. The summed E-state index contributed by atoms with van der Waals surface area (Å²) in [5.41, 5.74) is 3.69. The second-order valence-corrected chi connectivity index (χ2v) is 24.9. The number of aliphatic hydroxyl groups excluding tert-OH is 10. The lowest BCUT2D eigenvalue weighted by Crippen LogP contribution is -2.89. The quantitative estimate of drug-likeness (QED) is 0.0384. The molecular formula is C55H89N2O20+. The molecule has 4 aliphatic carbocycles. The number of amides is 1. The number of allylic oxidation sites excluding steroid dienone is 4. The molecule has 0 bridgehead atoms. The number of rotatable bonds is 16. The Morgan fingerprint density at radius 2 is 1.44 bits per heavy atom. The largest absolute Gasteiger partial charge is 0.464 e. The van der Waals surface area contributed by atoms with E-state index in [0.29, 0.717) is 24.7 Å². The maximum Gasteiger partial charge on any atom is 0.329 e. The summed E-state index contributed by atoms with van der Waals surface area (Å²) in [7, 11) is 0. The highest BCUT2D eigenvalue weighted by atomic mass is 16.8. The Morgan fingerprint density at radius 3 is 2.12 bits per heavy atom. The molecular weight excluding hydrogens is 1010 g/mol. The van der Waals surface area contributed by atoms with Crippen molar-refractivity contribution in [2.24, 2.45) is 39.9 Å². The van der Waals surface area contributed by atoms with E-state index in [-0.39, 0.29) is 47.6 Å². The van der Waals surface area contributed by atoms with Crippen molar-refractivity contribution in [1.82, 2.24) is 5.32 Å². The monoisotopic (exact) mass is 1100 g/mol. The summed E-state index contributed by atoms with van der Waals surface area (Å²) in [5.74, 6) is 0.587. The predicted molar refractivity (Wildman–Crippen MR) is 271 cm³/mol. The molecule has 4 saturated heterocycles. The average molecular weight is 1100 g/mol. The third kappa shape index (κ3) is 12.0. The van der Waals surface area contributed by atoms with Crippen LogP contribution in [0.2, 0.25) is 0 Å². The van der Waals surface area contributed by atoms with Gasteiger partial charge < -0.3 is 94.3 Å². The number of fused-ring (bicyclic) bond motifs is 4. The zero-order valence-electron chi connectivity index (χ0n) is 46.1. The van der Waals surface area contributed by atoms with E-state index in [1.807, 2.05) is 13.8 Å². The van der Waals surface area contributed by atoms with Crippen molar-refractivity contribution in [3.8, 4) is 0 Å². The number of carbonyl (C=O) groups excluding carboxylic acids is 2. The van der Waals surface area contributed by atoms with Crippen LogP contribution in [0.4, 0.5) is 0 Å². The van der Waals surface area contributed by atoms with Crippen LogP contribution in [0.1, 0.15) is 120 Å². The first-order valence-corrected chi connectivity index (χ1v) is 27.8. The van der Waals surface area contributed by atoms with Crippen molar-refractivity contribution in [3.63, 3.8) is 0 Å². The van der Waals surface area contributed by atoms with Gasteiger partial charge in [-0.15, -0.1) is 0 Å². The minimum Gasteiger partial charge on any atom is -0.464 e. The van der Waals surface area contributed by atoms with Crippen LogP contribution in [0, 0.1) is 39.9 Å². The van der Waals surface area contributed by atoms with Crippen LogP contribution >= 0.6 is 0 Å². The molecule has 438 valence electrons. The van der Waals surface area contributed by atoms with Crippen LogP contribution in [0.15, 0.2) is 22.8 Å². The lowest BCUT2D eigenvalue weighted by molar-refractivity contribution is -0.571. The van der Waals surface area contributed by atoms with E-state index < -0.39 is 141 Å². The molecule has 4 aliphatic heterocycles. The van der Waals surface area contributed by atoms with Gasteiger partial charge in [-0.25, -0.2) is 4.99 Å². The van der Waals surface area contributed by atoms with Crippen molar-refractivity contribution in [1.29, 1.82) is 0 Å². The topological polar surface area (TPSA) is 336 Å². The van der Waals surface area contributed by atoms with E-state index >= 15 is 0 Å². The first-order valence-electron chi connectivity index (χ1n) is 27.8. The SMILES string of the molecule is CC(=O)N[C@H]1[C@H](O[C@H]2[C@H](O[C@H]3CC[C@]4(C)C5=C(CC[C@H]4C3(C)C)[C@@H]3CC[C@H]([C@H](C)CC(=O)C=C(C)C)[C@@]3(C)CC5)OC[C@@H](O[C@@H]3O[C@H](CO)[C@H](O)[C@H](O)[C@H]3[NH+]=C(C)O)[C@@H]2O)O[C@H](CO[C@@H]2OC[C@@H](O)[C@H](O)[C@H]2O)[C@@H](O)[C@@H]1O. The van der Waals surface area contributed by atoms with E-state index in [1.165, 1.54) is 13.8 Å². The number of hydrogen-bond acceptors (Lipinski definition) is 19. The van der Waals surface area contributed by atoms with Gasteiger partial charge in [0.1, 0.15) is 79.3 Å². The lowest BCUT2D eigenvalue weighted by Gasteiger charge is -2.61. The number of aliphatic hydroxyl groups is 10. The van der Waals surface area contributed by atoms with E-state index in [2.05, 4.69) is 44.9 Å². The number of hydrogen-bond donors (Lipinski definition) is 12. The first kappa shape index (κ1) is 60.5. The summed E-state index contributed by atoms with van der Waals surface area (Å²) in [6, 6.07) is -2.79. The predicted octanol–water partition coefficient (Wildman–Crippen LogP) is -0.948. The van der Waals surface area contributed by atoms with E-state index in [0.717, 1.165) is 50.5 Å². The number of carbonyl (C=O) groups is 2. The molecule has 0 radical (unpaired) electrons. The highest BCUT2D eigenvalue weighted by molar-refractivity contribution is 5.90. The fraction of sp³-hybridized carbons (Fsp3) is 0.873. The number of nitrogens with one attached hydrogen (secondary N) is 2. The summed E-state index contributed by atoms with van der Waals surface area (Å²) in [6.07, 6.45) is -15.4. The number of ketones is 1. The summed E-state index contributed by atoms with van der Waals surface area (Å²) in [5, 5.41) is 111. The van der Waals surface area contributed by atoms with Gasteiger partial charge in [0, 0.05) is 13.3 Å². The van der Waals surface area contributed by atoms with E-state index in [9.17, 15) is 60.7 Å². The average Bonchev–Trinajstić information content (AvgIpc) is 3.77. The second kappa shape index (κ2) is 24.1. The molecule has 12 N–H and O–H groups in total. The molecule has 0 aromatic rings. The molecule has 8 rings (SSSR count). The molecule has 0 spiro atoms. The molecule has 2 saturated carbocycles. The minimum absolute atomic E-state index is 0.110. The molecule has 22 nitrogen and oxygen atoms in total. The Bertz CT molecular complexity index is 2170. The maximum absolute atomic E-state index is 13.0. The van der Waals surface area contributed by atoms with Gasteiger partial charge >= 0.3 is 5.90 Å². The summed E-state index contributed by atoms with van der Waals surface area (Å²) >= 11 is 0. The fourth-order valence-electron chi connectivity index (χ4n) is 15.2. The van der Waals surface area contributed by atoms with Crippen LogP contribution in [0.25, 0.3) is 0 Å². The Hall–Kier alpha value is -2.59. The zero-order chi connectivity index (χ0) is 56.2. The Balaban J connectivity index is 1.05. The van der Waals surface area contributed by atoms with Crippen LogP contribution in [-0.2, 0) is 47.5 Å². The van der Waals surface area contributed by atoms with Gasteiger partial charge in [0.2, 0.25) is 18.2 Å². The molecule has 6 fully saturated rings. The van der Waals surface area contributed by atoms with Gasteiger partial charge in [-0.3, -0.25) is 9.59 Å². The molecule has 22 heteroatoms. The molecule has 4 heterocycles. The van der Waals surface area contributed by atoms with Crippen molar-refractivity contribution >= 4 is 17.6 Å². The van der Waals surface area contributed by atoms with Gasteiger partial charge in [-0.1, -0.05) is 51.3 Å². The molecule has 0 unspecified atom stereocenters. The van der Waals surface area contributed by atoms with Crippen LogP contribution < -0.4 is 10.3 Å². The normalized spacial score (nSPS) is 46.5. The van der Waals surface area contributed by atoms with E-state index in [1.54, 1.807) is 17.2 Å². The zero-order valence-corrected chi connectivity index (χ0v) is 46.1. The highest BCUT2D eigenvalue weighted by Gasteiger charge is 2.61. The maximum atomic E-state index is 13.0. The van der Waals surface area contributed by atoms with Gasteiger partial charge in [0.05, 0.1) is 39.5 Å². The molecule has 25 atom stereocenters. The minimum atomic E-state index is -1.78.